The fourth-order valence-electron chi connectivity index (χ4n) is 2.06. The van der Waals surface area contributed by atoms with Crippen molar-refractivity contribution in [3.63, 3.8) is 0 Å². The Morgan fingerprint density at radius 1 is 1.17 bits per heavy atom. The van der Waals surface area contributed by atoms with Gasteiger partial charge in [-0.25, -0.2) is 0 Å². The summed E-state index contributed by atoms with van der Waals surface area (Å²) in [5.41, 5.74) is 1.73. The first-order valence-electron chi connectivity index (χ1n) is 7.48. The Morgan fingerprint density at radius 3 is 2.52 bits per heavy atom. The summed E-state index contributed by atoms with van der Waals surface area (Å²) < 4.78 is 5.49. The van der Waals surface area contributed by atoms with Crippen LogP contribution >= 0.6 is 23.2 Å². The molecule has 1 atom stereocenters. The topological polar surface area (TPSA) is 38.3 Å². The largest absolute Gasteiger partial charge is 0.484 e. The number of carbonyl (C=O) groups excluding carboxylic acids is 1. The molecular formula is C18H19Cl2NO2. The van der Waals surface area contributed by atoms with Gasteiger partial charge in [0.15, 0.2) is 6.61 Å². The summed E-state index contributed by atoms with van der Waals surface area (Å²) in [5, 5.41) is 3.39. The van der Waals surface area contributed by atoms with E-state index in [-0.39, 0.29) is 12.5 Å². The van der Waals surface area contributed by atoms with Crippen LogP contribution in [0.4, 0.5) is 5.69 Å². The van der Waals surface area contributed by atoms with Crippen molar-refractivity contribution in [3.8, 4) is 5.75 Å². The zero-order chi connectivity index (χ0) is 16.8. The van der Waals surface area contributed by atoms with Crippen LogP contribution in [0.3, 0.4) is 0 Å². The number of rotatable bonds is 6. The lowest BCUT2D eigenvalue weighted by Gasteiger charge is -2.11. The normalized spacial score (nSPS) is 11.8. The molecule has 0 bridgehead atoms. The predicted molar refractivity (Wildman–Crippen MR) is 95.7 cm³/mol. The number of hydrogen-bond donors (Lipinski definition) is 1. The van der Waals surface area contributed by atoms with E-state index in [9.17, 15) is 4.79 Å². The Hall–Kier alpha value is -1.71. The van der Waals surface area contributed by atoms with Gasteiger partial charge in [-0.1, -0.05) is 55.2 Å². The molecule has 2 aromatic carbocycles. The first-order chi connectivity index (χ1) is 11.0. The highest BCUT2D eigenvalue weighted by Gasteiger charge is 2.09. The molecular weight excluding hydrogens is 333 g/mol. The molecule has 0 radical (unpaired) electrons. The van der Waals surface area contributed by atoms with Gasteiger partial charge in [0.1, 0.15) is 5.75 Å². The summed E-state index contributed by atoms with van der Waals surface area (Å²) in [4.78, 5) is 11.9. The summed E-state index contributed by atoms with van der Waals surface area (Å²) in [5.74, 6) is 0.877. The van der Waals surface area contributed by atoms with Crippen LogP contribution in [0.15, 0.2) is 42.5 Å². The third-order valence-electron chi connectivity index (χ3n) is 3.66. The summed E-state index contributed by atoms with van der Waals surface area (Å²) in [6, 6.07) is 12.9. The Bertz CT molecular complexity index is 671. The van der Waals surface area contributed by atoms with E-state index in [1.165, 1.54) is 5.56 Å². The molecule has 0 aliphatic carbocycles. The van der Waals surface area contributed by atoms with Gasteiger partial charge in [-0.05, 0) is 42.2 Å². The van der Waals surface area contributed by atoms with Crippen molar-refractivity contribution in [2.45, 2.75) is 26.2 Å². The highest BCUT2D eigenvalue weighted by molar-refractivity contribution is 6.43. The average molecular weight is 352 g/mol. The SMILES string of the molecule is CCC(C)c1ccc(OCC(=O)Nc2cccc(Cl)c2Cl)cc1. The van der Waals surface area contributed by atoms with Crippen molar-refractivity contribution >= 4 is 34.8 Å². The first-order valence-corrected chi connectivity index (χ1v) is 8.23. The van der Waals surface area contributed by atoms with Gasteiger partial charge in [-0.3, -0.25) is 4.79 Å². The molecule has 0 heterocycles. The Morgan fingerprint density at radius 2 is 1.87 bits per heavy atom. The molecule has 0 spiro atoms. The molecule has 3 nitrogen and oxygen atoms in total. The van der Waals surface area contributed by atoms with Gasteiger partial charge >= 0.3 is 0 Å². The second-order valence-corrected chi connectivity index (χ2v) is 6.10. The molecule has 0 fully saturated rings. The highest BCUT2D eigenvalue weighted by Crippen LogP contribution is 2.29. The van der Waals surface area contributed by atoms with Crippen molar-refractivity contribution in [2.24, 2.45) is 0 Å². The maximum Gasteiger partial charge on any atom is 0.262 e. The minimum atomic E-state index is -0.292. The van der Waals surface area contributed by atoms with Crippen molar-refractivity contribution < 1.29 is 9.53 Å². The standard InChI is InChI=1S/C18H19Cl2NO2/c1-3-12(2)13-7-9-14(10-8-13)23-11-17(22)21-16-6-4-5-15(19)18(16)20/h4-10,12H,3,11H2,1-2H3,(H,21,22). The lowest BCUT2D eigenvalue weighted by Crippen LogP contribution is -2.20. The van der Waals surface area contributed by atoms with Gasteiger partial charge in [-0.2, -0.15) is 0 Å². The Balaban J connectivity index is 1.90. The number of halogens is 2. The van der Waals surface area contributed by atoms with Gasteiger partial charge in [0.05, 0.1) is 15.7 Å². The molecule has 0 saturated carbocycles. The predicted octanol–water partition coefficient (Wildman–Crippen LogP) is 5.52. The number of anilines is 1. The van der Waals surface area contributed by atoms with Crippen LogP contribution in [-0.2, 0) is 4.79 Å². The van der Waals surface area contributed by atoms with Crippen molar-refractivity contribution in [2.75, 3.05) is 11.9 Å². The second kappa shape index (κ2) is 8.23. The molecule has 23 heavy (non-hydrogen) atoms. The lowest BCUT2D eigenvalue weighted by molar-refractivity contribution is -0.118. The molecule has 2 aromatic rings. The zero-order valence-corrected chi connectivity index (χ0v) is 14.6. The van der Waals surface area contributed by atoms with Crippen LogP contribution in [0.2, 0.25) is 10.0 Å². The van der Waals surface area contributed by atoms with E-state index in [4.69, 9.17) is 27.9 Å². The van der Waals surface area contributed by atoms with E-state index in [0.29, 0.717) is 27.4 Å². The minimum Gasteiger partial charge on any atom is -0.484 e. The third kappa shape index (κ3) is 4.88. The first kappa shape index (κ1) is 17.6. The van der Waals surface area contributed by atoms with E-state index in [0.717, 1.165) is 6.42 Å². The van der Waals surface area contributed by atoms with Crippen LogP contribution in [0.5, 0.6) is 5.75 Å². The summed E-state index contributed by atoms with van der Waals surface area (Å²) in [6.45, 7) is 4.24. The van der Waals surface area contributed by atoms with Crippen LogP contribution in [0, 0.1) is 0 Å². The summed E-state index contributed by atoms with van der Waals surface area (Å²) in [7, 11) is 0. The molecule has 1 N–H and O–H groups in total. The minimum absolute atomic E-state index is 0.0917. The molecule has 0 aromatic heterocycles. The zero-order valence-electron chi connectivity index (χ0n) is 13.1. The summed E-state index contributed by atoms with van der Waals surface area (Å²) >= 11 is 11.9. The van der Waals surface area contributed by atoms with Gasteiger partial charge in [-0.15, -0.1) is 0 Å². The number of nitrogens with one attached hydrogen (secondary N) is 1. The van der Waals surface area contributed by atoms with E-state index in [1.807, 2.05) is 24.3 Å². The third-order valence-corrected chi connectivity index (χ3v) is 4.48. The molecule has 1 unspecified atom stereocenters. The van der Waals surface area contributed by atoms with Gasteiger partial charge in [0.2, 0.25) is 0 Å². The van der Waals surface area contributed by atoms with Crippen molar-refractivity contribution in [1.82, 2.24) is 0 Å². The van der Waals surface area contributed by atoms with Crippen LogP contribution < -0.4 is 10.1 Å². The fraction of sp³-hybridized carbons (Fsp3) is 0.278. The average Bonchev–Trinajstić information content (AvgIpc) is 2.57. The van der Waals surface area contributed by atoms with Gasteiger partial charge in [0, 0.05) is 0 Å². The molecule has 0 aliphatic rings. The van der Waals surface area contributed by atoms with Gasteiger partial charge in [0.25, 0.3) is 5.91 Å². The van der Waals surface area contributed by atoms with Crippen LogP contribution in [0.25, 0.3) is 0 Å². The number of amides is 1. The maximum atomic E-state index is 11.9. The number of hydrogen-bond acceptors (Lipinski definition) is 2. The number of ether oxygens (including phenoxy) is 1. The Kier molecular flexibility index (Phi) is 6.31. The smallest absolute Gasteiger partial charge is 0.262 e. The van der Waals surface area contributed by atoms with E-state index in [2.05, 4.69) is 19.2 Å². The maximum absolute atomic E-state index is 11.9. The number of carbonyl (C=O) groups is 1. The Labute approximate surface area is 146 Å². The lowest BCUT2D eigenvalue weighted by atomic mass is 9.99. The monoisotopic (exact) mass is 351 g/mol. The van der Waals surface area contributed by atoms with Gasteiger partial charge < -0.3 is 10.1 Å². The van der Waals surface area contributed by atoms with Crippen LogP contribution in [0.1, 0.15) is 31.7 Å². The molecule has 122 valence electrons. The van der Waals surface area contributed by atoms with E-state index < -0.39 is 0 Å². The van der Waals surface area contributed by atoms with E-state index in [1.54, 1.807) is 18.2 Å². The van der Waals surface area contributed by atoms with Crippen molar-refractivity contribution in [1.29, 1.82) is 0 Å². The number of benzene rings is 2. The van der Waals surface area contributed by atoms with Crippen molar-refractivity contribution in [3.05, 3.63) is 58.1 Å². The molecule has 0 saturated heterocycles. The highest BCUT2D eigenvalue weighted by atomic mass is 35.5. The molecule has 1 amide bonds. The second-order valence-electron chi connectivity index (χ2n) is 5.32. The summed E-state index contributed by atoms with van der Waals surface area (Å²) in [6.07, 6.45) is 1.09. The molecule has 0 aliphatic heterocycles. The quantitative estimate of drug-likeness (QED) is 0.743. The van der Waals surface area contributed by atoms with Crippen LogP contribution in [-0.4, -0.2) is 12.5 Å². The molecule has 2 rings (SSSR count). The van der Waals surface area contributed by atoms with E-state index >= 15 is 0 Å². The molecule has 5 heteroatoms. The fourth-order valence-corrected chi connectivity index (χ4v) is 2.41.